The van der Waals surface area contributed by atoms with E-state index in [1.54, 1.807) is 35.7 Å². The van der Waals surface area contributed by atoms with Crippen LogP contribution in [0.4, 0.5) is 5.82 Å². The molecule has 5 nitrogen and oxygen atoms in total. The van der Waals surface area contributed by atoms with Gasteiger partial charge in [-0.15, -0.1) is 11.3 Å². The Balaban J connectivity index is 1.95. The third-order valence-electron chi connectivity index (χ3n) is 2.78. The SMILES string of the molecule is CN1Sc2cc(Br)sc2C(O)=C1C(=O)Nc1ccccn1. The number of fused-ring (bicyclic) bond motifs is 1. The first kappa shape index (κ1) is 14.4. The lowest BCUT2D eigenvalue weighted by atomic mass is 10.3. The number of carbonyl (C=O) groups excluding carboxylic acids is 1. The topological polar surface area (TPSA) is 65.5 Å². The molecule has 0 aliphatic carbocycles. The molecule has 2 aromatic heterocycles. The Morgan fingerprint density at radius 1 is 1.48 bits per heavy atom. The second-order valence-electron chi connectivity index (χ2n) is 4.20. The quantitative estimate of drug-likeness (QED) is 0.773. The smallest absolute Gasteiger partial charge is 0.277 e. The lowest BCUT2D eigenvalue weighted by Crippen LogP contribution is -2.27. The lowest BCUT2D eigenvalue weighted by molar-refractivity contribution is -0.113. The molecule has 108 valence electrons. The van der Waals surface area contributed by atoms with Gasteiger partial charge >= 0.3 is 0 Å². The summed E-state index contributed by atoms with van der Waals surface area (Å²) in [6.45, 7) is 0. The van der Waals surface area contributed by atoms with Gasteiger partial charge in [-0.05, 0) is 46.1 Å². The van der Waals surface area contributed by atoms with Crippen LogP contribution in [0.1, 0.15) is 4.88 Å². The van der Waals surface area contributed by atoms with Gasteiger partial charge < -0.3 is 14.7 Å². The second kappa shape index (κ2) is 5.70. The normalized spacial score (nSPS) is 14.1. The number of anilines is 1. The molecule has 3 rings (SSSR count). The summed E-state index contributed by atoms with van der Waals surface area (Å²) in [5.74, 6) is 0.0334. The van der Waals surface area contributed by atoms with Crippen LogP contribution in [0, 0.1) is 0 Å². The predicted molar refractivity (Wildman–Crippen MR) is 88.1 cm³/mol. The van der Waals surface area contributed by atoms with Gasteiger partial charge in [0.2, 0.25) is 0 Å². The van der Waals surface area contributed by atoms with E-state index in [1.165, 1.54) is 23.3 Å². The Bertz CT molecular complexity index is 730. The van der Waals surface area contributed by atoms with E-state index in [4.69, 9.17) is 0 Å². The van der Waals surface area contributed by atoms with Gasteiger partial charge in [0.15, 0.2) is 11.5 Å². The molecule has 2 N–H and O–H groups in total. The lowest BCUT2D eigenvalue weighted by Gasteiger charge is -2.25. The number of pyridine rings is 1. The van der Waals surface area contributed by atoms with Gasteiger partial charge in [0.25, 0.3) is 5.91 Å². The molecule has 0 aromatic carbocycles. The van der Waals surface area contributed by atoms with Gasteiger partial charge in [-0.2, -0.15) is 0 Å². The average molecular weight is 384 g/mol. The summed E-state index contributed by atoms with van der Waals surface area (Å²) in [5.41, 5.74) is 0.215. The van der Waals surface area contributed by atoms with E-state index in [0.717, 1.165) is 8.68 Å². The summed E-state index contributed by atoms with van der Waals surface area (Å²) < 4.78 is 2.56. The maximum atomic E-state index is 12.4. The number of hydrogen-bond acceptors (Lipinski definition) is 6. The van der Waals surface area contributed by atoms with E-state index in [0.29, 0.717) is 10.7 Å². The second-order valence-corrected chi connectivity index (χ2v) is 7.80. The van der Waals surface area contributed by atoms with Crippen molar-refractivity contribution in [2.45, 2.75) is 4.90 Å². The third-order valence-corrected chi connectivity index (χ3v) is 5.53. The molecule has 8 heteroatoms. The molecule has 0 bridgehead atoms. The number of aliphatic hydroxyl groups excluding tert-OH is 1. The van der Waals surface area contributed by atoms with Crippen molar-refractivity contribution in [2.75, 3.05) is 12.4 Å². The van der Waals surface area contributed by atoms with E-state index in [1.807, 2.05) is 6.07 Å². The minimum atomic E-state index is -0.392. The molecular formula is C13H10BrN3O2S2. The van der Waals surface area contributed by atoms with E-state index < -0.39 is 5.91 Å². The summed E-state index contributed by atoms with van der Waals surface area (Å²) in [6, 6.07) is 7.17. The van der Waals surface area contributed by atoms with E-state index >= 15 is 0 Å². The number of aliphatic hydroxyl groups is 1. The first-order valence-corrected chi connectivity index (χ1v) is 8.31. The van der Waals surface area contributed by atoms with Crippen molar-refractivity contribution in [1.29, 1.82) is 0 Å². The molecule has 2 aromatic rings. The van der Waals surface area contributed by atoms with Crippen molar-refractivity contribution in [2.24, 2.45) is 0 Å². The fourth-order valence-electron chi connectivity index (χ4n) is 1.89. The van der Waals surface area contributed by atoms with Crippen molar-refractivity contribution in [3.05, 3.63) is 44.8 Å². The van der Waals surface area contributed by atoms with Crippen LogP contribution >= 0.6 is 39.2 Å². The van der Waals surface area contributed by atoms with Crippen molar-refractivity contribution in [1.82, 2.24) is 9.29 Å². The molecule has 0 spiro atoms. The molecule has 0 unspecified atom stereocenters. The highest BCUT2D eigenvalue weighted by atomic mass is 79.9. The number of amides is 1. The Labute approximate surface area is 138 Å². The summed E-state index contributed by atoms with van der Waals surface area (Å²) >= 11 is 6.18. The summed E-state index contributed by atoms with van der Waals surface area (Å²) in [5, 5.41) is 13.1. The highest BCUT2D eigenvalue weighted by Crippen LogP contribution is 2.45. The standard InChI is InChI=1S/C13H10BrN3O2S2/c1-17-10(13(19)16-9-4-2-3-5-15-9)11(18)12-7(21-17)6-8(14)20-12/h2-6,18H,1H3,(H,15,16,19). The zero-order chi connectivity index (χ0) is 15.0. The zero-order valence-corrected chi connectivity index (χ0v) is 14.1. The molecular weight excluding hydrogens is 374 g/mol. The minimum Gasteiger partial charge on any atom is -0.504 e. The largest absolute Gasteiger partial charge is 0.504 e. The highest BCUT2D eigenvalue weighted by molar-refractivity contribution is 9.11. The number of hydrogen-bond donors (Lipinski definition) is 2. The molecule has 21 heavy (non-hydrogen) atoms. The zero-order valence-electron chi connectivity index (χ0n) is 10.8. The Morgan fingerprint density at radius 2 is 2.29 bits per heavy atom. The number of halogens is 1. The van der Waals surface area contributed by atoms with Crippen LogP contribution in [0.25, 0.3) is 5.76 Å². The van der Waals surface area contributed by atoms with Gasteiger partial charge in [0.05, 0.1) is 13.6 Å². The molecule has 3 heterocycles. The van der Waals surface area contributed by atoms with Crippen LogP contribution in [0.2, 0.25) is 0 Å². The Hall–Kier alpha value is -1.51. The Morgan fingerprint density at radius 3 is 3.00 bits per heavy atom. The predicted octanol–water partition coefficient (Wildman–Crippen LogP) is 3.72. The minimum absolute atomic E-state index is 0.0182. The van der Waals surface area contributed by atoms with Crippen LogP contribution in [-0.4, -0.2) is 27.4 Å². The van der Waals surface area contributed by atoms with Crippen LogP contribution in [0.3, 0.4) is 0 Å². The Kier molecular flexibility index (Phi) is 3.92. The van der Waals surface area contributed by atoms with E-state index in [9.17, 15) is 9.90 Å². The van der Waals surface area contributed by atoms with Crippen LogP contribution in [0.15, 0.2) is 44.8 Å². The van der Waals surface area contributed by atoms with Crippen molar-refractivity contribution in [3.63, 3.8) is 0 Å². The number of rotatable bonds is 2. The maximum Gasteiger partial charge on any atom is 0.277 e. The fraction of sp³-hybridized carbons (Fsp3) is 0.0769. The number of nitrogens with one attached hydrogen (secondary N) is 1. The van der Waals surface area contributed by atoms with Gasteiger partial charge in [0, 0.05) is 13.2 Å². The van der Waals surface area contributed by atoms with Crippen LogP contribution in [-0.2, 0) is 4.79 Å². The third kappa shape index (κ3) is 2.78. The molecule has 1 aliphatic rings. The summed E-state index contributed by atoms with van der Waals surface area (Å²) in [7, 11) is 1.74. The van der Waals surface area contributed by atoms with Crippen LogP contribution in [0.5, 0.6) is 0 Å². The number of aromatic nitrogens is 1. The fourth-order valence-corrected chi connectivity index (χ4v) is 4.70. The summed E-state index contributed by atoms with van der Waals surface area (Å²) in [4.78, 5) is 18.0. The monoisotopic (exact) mass is 383 g/mol. The molecule has 0 saturated heterocycles. The molecule has 0 atom stereocenters. The van der Waals surface area contributed by atoms with Gasteiger partial charge in [-0.25, -0.2) is 4.98 Å². The first-order chi connectivity index (χ1) is 10.1. The van der Waals surface area contributed by atoms with Crippen molar-refractivity contribution in [3.8, 4) is 0 Å². The molecule has 1 amide bonds. The van der Waals surface area contributed by atoms with E-state index in [-0.39, 0.29) is 11.5 Å². The maximum absolute atomic E-state index is 12.4. The number of likely N-dealkylation sites (N-methyl/N-ethyl adjacent to an activating group) is 1. The van der Waals surface area contributed by atoms with Gasteiger partial charge in [0.1, 0.15) is 5.82 Å². The summed E-state index contributed by atoms with van der Waals surface area (Å²) in [6.07, 6.45) is 1.59. The van der Waals surface area contributed by atoms with Crippen LogP contribution < -0.4 is 5.32 Å². The highest BCUT2D eigenvalue weighted by Gasteiger charge is 2.30. The average Bonchev–Trinajstić information content (AvgIpc) is 2.80. The van der Waals surface area contributed by atoms with Gasteiger partial charge in [-0.1, -0.05) is 6.07 Å². The first-order valence-electron chi connectivity index (χ1n) is 5.93. The number of thiophene rings is 1. The molecule has 1 aliphatic heterocycles. The van der Waals surface area contributed by atoms with Crippen molar-refractivity contribution >= 4 is 56.7 Å². The molecule has 0 fully saturated rings. The van der Waals surface area contributed by atoms with Gasteiger partial charge in [-0.3, -0.25) is 4.79 Å². The number of nitrogens with zero attached hydrogens (tertiary/aromatic N) is 2. The molecule has 0 radical (unpaired) electrons. The molecule has 0 saturated carbocycles. The van der Waals surface area contributed by atoms with E-state index in [2.05, 4.69) is 26.2 Å². The number of carbonyl (C=O) groups is 1. The van der Waals surface area contributed by atoms with Crippen molar-refractivity contribution < 1.29 is 9.90 Å².